The third-order valence-electron chi connectivity index (χ3n) is 2.57. The van der Waals surface area contributed by atoms with Crippen molar-refractivity contribution in [3.8, 4) is 5.75 Å². The number of amides is 2. The minimum absolute atomic E-state index is 0.249. The van der Waals surface area contributed by atoms with E-state index in [1.54, 1.807) is 12.1 Å². The molecule has 1 aromatic carbocycles. The van der Waals surface area contributed by atoms with Gasteiger partial charge in [0, 0.05) is 0 Å². The molecule has 1 fully saturated rings. The third-order valence-corrected chi connectivity index (χ3v) is 3.38. The summed E-state index contributed by atoms with van der Waals surface area (Å²) in [5.74, 6) is -0.615. The van der Waals surface area contributed by atoms with Gasteiger partial charge in [0.05, 0.1) is 19.1 Å². The largest absolute Gasteiger partial charge is 0.496 e. The highest BCUT2D eigenvalue weighted by Crippen LogP contribution is 2.27. The molecular formula is C13H11NO5S. The normalized spacial score (nSPS) is 16.2. The van der Waals surface area contributed by atoms with Crippen LogP contribution in [0.5, 0.6) is 5.75 Å². The molecule has 0 radical (unpaired) electrons. The highest BCUT2D eigenvalue weighted by Gasteiger charge is 2.25. The van der Waals surface area contributed by atoms with Crippen LogP contribution in [-0.2, 0) is 9.53 Å². The van der Waals surface area contributed by atoms with Crippen LogP contribution in [0.3, 0.4) is 0 Å². The first kappa shape index (κ1) is 14.1. The van der Waals surface area contributed by atoms with Crippen molar-refractivity contribution >= 4 is 35.0 Å². The zero-order valence-electron chi connectivity index (χ0n) is 10.8. The molecule has 0 saturated carbocycles. The van der Waals surface area contributed by atoms with E-state index in [0.29, 0.717) is 11.3 Å². The minimum Gasteiger partial charge on any atom is -0.496 e. The number of hydrogen-bond acceptors (Lipinski definition) is 6. The second-order valence-corrected chi connectivity index (χ2v) is 4.82. The monoisotopic (exact) mass is 293 g/mol. The molecule has 20 heavy (non-hydrogen) atoms. The van der Waals surface area contributed by atoms with Crippen molar-refractivity contribution < 1.29 is 23.9 Å². The molecule has 0 atom stereocenters. The third kappa shape index (κ3) is 2.83. The molecular weight excluding hydrogens is 282 g/mol. The van der Waals surface area contributed by atoms with Crippen molar-refractivity contribution in [3.05, 3.63) is 34.2 Å². The van der Waals surface area contributed by atoms with Crippen molar-refractivity contribution in [1.29, 1.82) is 0 Å². The van der Waals surface area contributed by atoms with Gasteiger partial charge in [-0.2, -0.15) is 0 Å². The molecule has 104 valence electrons. The van der Waals surface area contributed by atoms with E-state index in [4.69, 9.17) is 4.74 Å². The molecule has 0 aromatic heterocycles. The zero-order chi connectivity index (χ0) is 14.7. The van der Waals surface area contributed by atoms with Crippen molar-refractivity contribution in [2.24, 2.45) is 0 Å². The summed E-state index contributed by atoms with van der Waals surface area (Å²) in [6.45, 7) is 0. The van der Waals surface area contributed by atoms with Gasteiger partial charge in [-0.3, -0.25) is 14.9 Å². The number of methoxy groups -OCH3 is 2. The molecule has 0 spiro atoms. The predicted octanol–water partition coefficient (Wildman–Crippen LogP) is 1.81. The number of imide groups is 1. The second kappa shape index (κ2) is 5.79. The number of thioether (sulfide) groups is 1. The lowest BCUT2D eigenvalue weighted by molar-refractivity contribution is -0.115. The lowest BCUT2D eigenvalue weighted by Crippen LogP contribution is -2.17. The van der Waals surface area contributed by atoms with Gasteiger partial charge in [-0.1, -0.05) is 6.07 Å². The van der Waals surface area contributed by atoms with E-state index in [-0.39, 0.29) is 10.5 Å². The summed E-state index contributed by atoms with van der Waals surface area (Å²) in [6, 6.07) is 4.81. The lowest BCUT2D eigenvalue weighted by Gasteiger charge is -2.07. The number of hydrogen-bond donors (Lipinski definition) is 1. The molecule has 1 aliphatic rings. The van der Waals surface area contributed by atoms with Crippen molar-refractivity contribution in [1.82, 2.24) is 5.32 Å². The van der Waals surface area contributed by atoms with E-state index in [9.17, 15) is 14.4 Å². The lowest BCUT2D eigenvalue weighted by atomic mass is 10.1. The van der Waals surface area contributed by atoms with Gasteiger partial charge in [0.25, 0.3) is 11.1 Å². The zero-order valence-corrected chi connectivity index (χ0v) is 11.6. The second-order valence-electron chi connectivity index (χ2n) is 3.80. The molecule has 6 nitrogen and oxygen atoms in total. The standard InChI is InChI=1S/C13H11NO5S/c1-18-9-4-3-7(5-8(9)12(16)19-2)6-10-11(15)14-13(17)20-10/h3-6H,1-2H3,(H,14,15,17)/b10-6-. The average molecular weight is 293 g/mol. The molecule has 1 saturated heterocycles. The molecule has 0 aliphatic carbocycles. The first-order valence-corrected chi connectivity index (χ1v) is 6.38. The van der Waals surface area contributed by atoms with Gasteiger partial charge < -0.3 is 9.47 Å². The fourth-order valence-electron chi connectivity index (χ4n) is 1.66. The van der Waals surface area contributed by atoms with Gasteiger partial charge >= 0.3 is 5.97 Å². The van der Waals surface area contributed by atoms with Gasteiger partial charge in [-0.25, -0.2) is 4.79 Å². The first-order chi connectivity index (χ1) is 9.55. The smallest absolute Gasteiger partial charge is 0.341 e. The van der Waals surface area contributed by atoms with Crippen LogP contribution in [0.25, 0.3) is 6.08 Å². The van der Waals surface area contributed by atoms with Crippen molar-refractivity contribution in [2.45, 2.75) is 0 Å². The van der Waals surface area contributed by atoms with Crippen LogP contribution in [0.1, 0.15) is 15.9 Å². The van der Waals surface area contributed by atoms with Crippen LogP contribution in [0, 0.1) is 0 Å². The Morgan fingerprint density at radius 1 is 1.30 bits per heavy atom. The highest BCUT2D eigenvalue weighted by atomic mass is 32.2. The first-order valence-electron chi connectivity index (χ1n) is 5.56. The Morgan fingerprint density at radius 3 is 2.60 bits per heavy atom. The Kier molecular flexibility index (Phi) is 4.09. The van der Waals surface area contributed by atoms with E-state index in [1.807, 2.05) is 0 Å². The van der Waals surface area contributed by atoms with Crippen molar-refractivity contribution in [2.75, 3.05) is 14.2 Å². The number of carbonyl (C=O) groups is 3. The summed E-state index contributed by atoms with van der Waals surface area (Å²) in [7, 11) is 2.71. The number of rotatable bonds is 3. The maximum Gasteiger partial charge on any atom is 0.341 e. The van der Waals surface area contributed by atoms with Gasteiger partial charge in [0.1, 0.15) is 11.3 Å². The molecule has 1 heterocycles. The maximum atomic E-state index is 11.6. The summed E-state index contributed by atoms with van der Waals surface area (Å²) in [4.78, 5) is 34.4. The number of carbonyl (C=O) groups excluding carboxylic acids is 3. The number of nitrogens with one attached hydrogen (secondary N) is 1. The quantitative estimate of drug-likeness (QED) is 0.676. The Bertz CT molecular complexity index is 623. The molecule has 1 N–H and O–H groups in total. The Hall–Kier alpha value is -2.28. The Morgan fingerprint density at radius 2 is 2.05 bits per heavy atom. The molecule has 7 heteroatoms. The molecule has 2 amide bonds. The molecule has 0 bridgehead atoms. The van der Waals surface area contributed by atoms with E-state index in [2.05, 4.69) is 10.1 Å². The van der Waals surface area contributed by atoms with Gasteiger partial charge in [-0.15, -0.1) is 0 Å². The van der Waals surface area contributed by atoms with Crippen LogP contribution < -0.4 is 10.1 Å². The summed E-state index contributed by atoms with van der Waals surface area (Å²) in [5.41, 5.74) is 0.845. The minimum atomic E-state index is -0.540. The molecule has 2 rings (SSSR count). The maximum absolute atomic E-state index is 11.6. The molecule has 1 aromatic rings. The van der Waals surface area contributed by atoms with Gasteiger partial charge in [-0.05, 0) is 35.5 Å². The van der Waals surface area contributed by atoms with E-state index < -0.39 is 17.1 Å². The SMILES string of the molecule is COC(=O)c1cc(/C=C2\SC(=O)NC2=O)ccc1OC. The predicted molar refractivity (Wildman–Crippen MR) is 73.4 cm³/mol. The Labute approximate surface area is 119 Å². The van der Waals surface area contributed by atoms with Gasteiger partial charge in [0.15, 0.2) is 0 Å². The summed E-state index contributed by atoms with van der Waals surface area (Å²) in [5, 5.41) is 1.74. The number of benzene rings is 1. The van der Waals surface area contributed by atoms with E-state index in [0.717, 1.165) is 11.8 Å². The Balaban J connectivity index is 2.39. The fraction of sp³-hybridized carbons (Fsp3) is 0.154. The van der Waals surface area contributed by atoms with Crippen LogP contribution in [0.2, 0.25) is 0 Å². The van der Waals surface area contributed by atoms with Crippen LogP contribution >= 0.6 is 11.8 Å². The topological polar surface area (TPSA) is 81.7 Å². The molecule has 0 unspecified atom stereocenters. The van der Waals surface area contributed by atoms with E-state index in [1.165, 1.54) is 26.4 Å². The molecule has 1 aliphatic heterocycles. The van der Waals surface area contributed by atoms with Gasteiger partial charge in [0.2, 0.25) is 0 Å². The number of ether oxygens (including phenoxy) is 2. The van der Waals surface area contributed by atoms with Crippen molar-refractivity contribution in [3.63, 3.8) is 0 Å². The van der Waals surface area contributed by atoms with E-state index >= 15 is 0 Å². The fourth-order valence-corrected chi connectivity index (χ4v) is 2.34. The highest BCUT2D eigenvalue weighted by molar-refractivity contribution is 8.18. The van der Waals surface area contributed by atoms with Crippen LogP contribution in [-0.4, -0.2) is 31.3 Å². The van der Waals surface area contributed by atoms with Crippen LogP contribution in [0.4, 0.5) is 4.79 Å². The van der Waals surface area contributed by atoms with Crippen LogP contribution in [0.15, 0.2) is 23.1 Å². The average Bonchev–Trinajstić information content (AvgIpc) is 2.76. The number of esters is 1. The summed E-state index contributed by atoms with van der Waals surface area (Å²) < 4.78 is 9.74. The summed E-state index contributed by atoms with van der Waals surface area (Å²) >= 11 is 0.813. The summed E-state index contributed by atoms with van der Waals surface area (Å²) in [6.07, 6.45) is 1.52.